The molecule has 0 atom stereocenters. The zero-order chi connectivity index (χ0) is 21.4. The van der Waals surface area contributed by atoms with Crippen molar-refractivity contribution < 1.29 is 4.79 Å². The SMILES string of the molecule is Cc1nn(C)c2nc(NNC(=O)Nc3cc(Cl)nc(Cl)c3)cc(-c3ccc(Cl)s3)c12. The zero-order valence-corrected chi connectivity index (χ0v) is 18.7. The Morgan fingerprint density at radius 3 is 2.50 bits per heavy atom. The summed E-state index contributed by atoms with van der Waals surface area (Å²) in [5, 5.41) is 8.34. The molecule has 0 spiro atoms. The lowest BCUT2D eigenvalue weighted by Crippen LogP contribution is -2.34. The first kappa shape index (κ1) is 20.7. The second kappa shape index (κ2) is 8.27. The van der Waals surface area contributed by atoms with Crippen LogP contribution in [-0.2, 0) is 7.05 Å². The third-order valence-corrected chi connectivity index (χ3v) is 5.78. The maximum atomic E-state index is 12.2. The Balaban J connectivity index is 1.60. The first-order valence-electron chi connectivity index (χ1n) is 8.56. The number of aromatic nitrogens is 4. The van der Waals surface area contributed by atoms with Gasteiger partial charge in [0.2, 0.25) is 0 Å². The van der Waals surface area contributed by atoms with Gasteiger partial charge in [0.15, 0.2) is 5.65 Å². The number of hydrogen-bond acceptors (Lipinski definition) is 6. The van der Waals surface area contributed by atoms with Crippen molar-refractivity contribution in [2.45, 2.75) is 6.92 Å². The summed E-state index contributed by atoms with van der Waals surface area (Å²) >= 11 is 19.3. The Kier molecular flexibility index (Phi) is 5.70. The number of carbonyl (C=O) groups is 1. The number of amides is 2. The summed E-state index contributed by atoms with van der Waals surface area (Å²) in [5.74, 6) is 0.436. The number of urea groups is 1. The fraction of sp³-hybridized carbons (Fsp3) is 0.111. The van der Waals surface area contributed by atoms with E-state index < -0.39 is 6.03 Å². The molecule has 12 heteroatoms. The number of hydrazine groups is 1. The highest BCUT2D eigenvalue weighted by atomic mass is 35.5. The van der Waals surface area contributed by atoms with Gasteiger partial charge in [0.1, 0.15) is 16.1 Å². The van der Waals surface area contributed by atoms with E-state index in [2.05, 4.69) is 31.2 Å². The quantitative estimate of drug-likeness (QED) is 0.263. The maximum Gasteiger partial charge on any atom is 0.337 e. The van der Waals surface area contributed by atoms with Gasteiger partial charge in [0.25, 0.3) is 0 Å². The molecule has 0 aromatic carbocycles. The molecule has 4 heterocycles. The average Bonchev–Trinajstić information content (AvgIpc) is 3.22. The van der Waals surface area contributed by atoms with Crippen LogP contribution in [0.1, 0.15) is 5.69 Å². The van der Waals surface area contributed by atoms with Gasteiger partial charge in [-0.25, -0.2) is 14.8 Å². The predicted octanol–water partition coefficient (Wildman–Crippen LogP) is 5.51. The molecule has 8 nitrogen and oxygen atoms in total. The van der Waals surface area contributed by atoms with Crippen molar-refractivity contribution in [1.29, 1.82) is 0 Å². The van der Waals surface area contributed by atoms with Crippen LogP contribution in [-0.4, -0.2) is 25.8 Å². The summed E-state index contributed by atoms with van der Waals surface area (Å²) in [5.41, 5.74) is 8.20. The summed E-state index contributed by atoms with van der Waals surface area (Å²) in [6.07, 6.45) is 0. The van der Waals surface area contributed by atoms with Gasteiger partial charge in [-0.15, -0.1) is 11.3 Å². The molecule has 0 saturated carbocycles. The van der Waals surface area contributed by atoms with Gasteiger partial charge in [-0.3, -0.25) is 15.5 Å². The molecule has 2 amide bonds. The van der Waals surface area contributed by atoms with Crippen molar-refractivity contribution in [3.63, 3.8) is 0 Å². The zero-order valence-electron chi connectivity index (χ0n) is 15.6. The highest BCUT2D eigenvalue weighted by Gasteiger charge is 2.16. The standard InChI is InChI=1S/C18H14Cl3N7OS/c1-8-16-10(11-3-4-14(21)30-11)7-15(24-17(16)28(2)27-8)25-26-18(29)22-9-5-12(19)23-13(20)6-9/h3-7H,1-2H3,(H,24,25)(H2,22,23,26,29). The Morgan fingerprint density at radius 1 is 1.10 bits per heavy atom. The molecule has 0 aliphatic rings. The Bertz CT molecular complexity index is 1250. The molecule has 4 rings (SSSR count). The highest BCUT2D eigenvalue weighted by molar-refractivity contribution is 7.19. The number of nitrogens with zero attached hydrogens (tertiary/aromatic N) is 4. The lowest BCUT2D eigenvalue weighted by Gasteiger charge is -2.11. The summed E-state index contributed by atoms with van der Waals surface area (Å²) in [4.78, 5) is 21.6. The molecule has 154 valence electrons. The average molecular weight is 483 g/mol. The molecular formula is C18H14Cl3N7OS. The van der Waals surface area contributed by atoms with E-state index in [9.17, 15) is 4.79 Å². The molecule has 30 heavy (non-hydrogen) atoms. The van der Waals surface area contributed by atoms with Crippen molar-refractivity contribution >= 4 is 74.7 Å². The first-order chi connectivity index (χ1) is 14.3. The van der Waals surface area contributed by atoms with Crippen molar-refractivity contribution in [3.05, 3.63) is 50.7 Å². The molecule has 3 N–H and O–H groups in total. The number of rotatable bonds is 4. The number of fused-ring (bicyclic) bond motifs is 1. The molecule has 4 aromatic heterocycles. The van der Waals surface area contributed by atoms with Gasteiger partial charge < -0.3 is 5.32 Å². The third-order valence-electron chi connectivity index (χ3n) is 4.13. The fourth-order valence-corrected chi connectivity index (χ4v) is 4.51. The minimum Gasteiger partial charge on any atom is -0.306 e. The van der Waals surface area contributed by atoms with Gasteiger partial charge in [-0.1, -0.05) is 34.8 Å². The van der Waals surface area contributed by atoms with Crippen molar-refractivity contribution in [3.8, 4) is 10.4 Å². The van der Waals surface area contributed by atoms with E-state index in [1.807, 2.05) is 32.2 Å². The third kappa shape index (κ3) is 4.29. The number of hydrogen-bond donors (Lipinski definition) is 3. The fourth-order valence-electron chi connectivity index (χ4n) is 2.98. The maximum absolute atomic E-state index is 12.2. The Morgan fingerprint density at radius 2 is 1.83 bits per heavy atom. The first-order valence-corrected chi connectivity index (χ1v) is 10.5. The molecule has 0 aliphatic carbocycles. The van der Waals surface area contributed by atoms with Crippen LogP contribution in [0.15, 0.2) is 30.3 Å². The van der Waals surface area contributed by atoms with Crippen LogP contribution < -0.4 is 16.2 Å². The second-order valence-electron chi connectivity index (χ2n) is 6.27. The number of halogens is 3. The minimum atomic E-state index is -0.530. The Hall–Kier alpha value is -2.59. The van der Waals surface area contributed by atoms with E-state index in [4.69, 9.17) is 34.8 Å². The van der Waals surface area contributed by atoms with E-state index in [1.54, 1.807) is 4.68 Å². The number of thiophene rings is 1. The normalized spacial score (nSPS) is 11.0. The number of pyridine rings is 2. The molecule has 0 radical (unpaired) electrons. The van der Waals surface area contributed by atoms with Crippen molar-refractivity contribution in [1.82, 2.24) is 25.2 Å². The molecule has 4 aromatic rings. The lowest BCUT2D eigenvalue weighted by molar-refractivity contribution is 0.254. The van der Waals surface area contributed by atoms with Gasteiger partial charge in [-0.05, 0) is 37.3 Å². The number of nitrogens with one attached hydrogen (secondary N) is 3. The van der Waals surface area contributed by atoms with Crippen LogP contribution in [0.4, 0.5) is 16.3 Å². The molecule has 0 fully saturated rings. The van der Waals surface area contributed by atoms with Gasteiger partial charge >= 0.3 is 6.03 Å². The summed E-state index contributed by atoms with van der Waals surface area (Å²) in [6.45, 7) is 1.92. The largest absolute Gasteiger partial charge is 0.337 e. The summed E-state index contributed by atoms with van der Waals surface area (Å²) in [6, 6.07) is 8.04. The van der Waals surface area contributed by atoms with Gasteiger partial charge in [-0.2, -0.15) is 5.10 Å². The van der Waals surface area contributed by atoms with E-state index in [0.717, 1.165) is 21.5 Å². The van der Waals surface area contributed by atoms with Gasteiger partial charge in [0.05, 0.1) is 15.4 Å². The molecule has 0 bridgehead atoms. The van der Waals surface area contributed by atoms with Crippen LogP contribution in [0.5, 0.6) is 0 Å². The number of carbonyl (C=O) groups excluding carboxylic acids is 1. The van der Waals surface area contributed by atoms with Gasteiger partial charge in [0, 0.05) is 23.2 Å². The van der Waals surface area contributed by atoms with E-state index in [1.165, 1.54) is 23.5 Å². The van der Waals surface area contributed by atoms with E-state index in [-0.39, 0.29) is 10.3 Å². The van der Waals surface area contributed by atoms with Crippen molar-refractivity contribution in [2.24, 2.45) is 7.05 Å². The number of aryl methyl sites for hydroxylation is 2. The van der Waals surface area contributed by atoms with Crippen LogP contribution in [0.25, 0.3) is 21.5 Å². The topological polar surface area (TPSA) is 96.8 Å². The molecule has 0 saturated heterocycles. The van der Waals surface area contributed by atoms with Crippen LogP contribution in [0, 0.1) is 6.92 Å². The molecular weight excluding hydrogens is 469 g/mol. The van der Waals surface area contributed by atoms with Crippen LogP contribution >= 0.6 is 46.1 Å². The van der Waals surface area contributed by atoms with E-state index in [0.29, 0.717) is 21.5 Å². The highest BCUT2D eigenvalue weighted by Crippen LogP contribution is 2.37. The second-order valence-corrected chi connectivity index (χ2v) is 8.76. The van der Waals surface area contributed by atoms with Crippen LogP contribution in [0.2, 0.25) is 14.6 Å². The predicted molar refractivity (Wildman–Crippen MR) is 122 cm³/mol. The molecule has 0 unspecified atom stereocenters. The smallest absolute Gasteiger partial charge is 0.306 e. The van der Waals surface area contributed by atoms with Crippen molar-refractivity contribution in [2.75, 3.05) is 10.7 Å². The summed E-state index contributed by atoms with van der Waals surface area (Å²) < 4.78 is 2.37. The lowest BCUT2D eigenvalue weighted by atomic mass is 10.1. The molecule has 0 aliphatic heterocycles. The Labute approximate surface area is 190 Å². The van der Waals surface area contributed by atoms with Crippen LogP contribution in [0.3, 0.4) is 0 Å². The minimum absolute atomic E-state index is 0.170. The summed E-state index contributed by atoms with van der Waals surface area (Å²) in [7, 11) is 1.81. The number of anilines is 2. The van der Waals surface area contributed by atoms with E-state index >= 15 is 0 Å². The monoisotopic (exact) mass is 481 g/mol.